The zero-order valence-corrected chi connectivity index (χ0v) is 7.68. The van der Waals surface area contributed by atoms with Crippen molar-refractivity contribution in [2.75, 3.05) is 0 Å². The average Bonchev–Trinajstić information content (AvgIpc) is 2.57. The van der Waals surface area contributed by atoms with Crippen molar-refractivity contribution in [1.29, 1.82) is 0 Å². The van der Waals surface area contributed by atoms with Crippen LogP contribution in [0.2, 0.25) is 0 Å². The highest BCUT2D eigenvalue weighted by Gasteiger charge is 2.02. The Hall–Kier alpha value is -1.97. The first-order valence-electron chi connectivity index (χ1n) is 4.36. The molecule has 14 heavy (non-hydrogen) atoms. The second-order valence-electron chi connectivity index (χ2n) is 3.24. The fourth-order valence-corrected chi connectivity index (χ4v) is 1.59. The van der Waals surface area contributed by atoms with Crippen LogP contribution in [0.4, 0.5) is 0 Å². The highest BCUT2D eigenvalue weighted by atomic mass is 15.0. The van der Waals surface area contributed by atoms with Crippen molar-refractivity contribution >= 4 is 22.1 Å². The fraction of sp³-hybridized carbons (Fsp3) is 0.100. The molecule has 0 fully saturated rings. The molecule has 0 aliphatic heterocycles. The Balaban J connectivity index is 2.54. The summed E-state index contributed by atoms with van der Waals surface area (Å²) in [5, 5.41) is 0. The maximum absolute atomic E-state index is 4.26. The molecule has 0 atom stereocenters. The minimum atomic E-state index is 0.888. The first-order valence-corrected chi connectivity index (χ1v) is 4.36. The summed E-state index contributed by atoms with van der Waals surface area (Å²) >= 11 is 0. The van der Waals surface area contributed by atoms with E-state index in [1.165, 1.54) is 0 Å². The lowest BCUT2D eigenvalue weighted by molar-refractivity contribution is 0.948. The molecule has 2 heterocycles. The Bertz CT molecular complexity index is 612. The molecule has 0 amide bonds. The normalized spacial score (nSPS) is 11.2. The van der Waals surface area contributed by atoms with Crippen molar-refractivity contribution in [3.8, 4) is 0 Å². The van der Waals surface area contributed by atoms with Gasteiger partial charge in [0.1, 0.15) is 0 Å². The van der Waals surface area contributed by atoms with Gasteiger partial charge in [0.15, 0.2) is 0 Å². The van der Waals surface area contributed by atoms with Crippen LogP contribution in [0.5, 0.6) is 0 Å². The van der Waals surface area contributed by atoms with E-state index in [9.17, 15) is 0 Å². The third-order valence-corrected chi connectivity index (χ3v) is 2.32. The number of hydrogen-bond acceptors (Lipinski definition) is 3. The highest BCUT2D eigenvalue weighted by Crippen LogP contribution is 2.17. The van der Waals surface area contributed by atoms with Crippen molar-refractivity contribution in [2.24, 2.45) is 7.05 Å². The van der Waals surface area contributed by atoms with Gasteiger partial charge >= 0.3 is 0 Å². The van der Waals surface area contributed by atoms with Crippen molar-refractivity contribution < 1.29 is 0 Å². The summed E-state index contributed by atoms with van der Waals surface area (Å²) in [4.78, 5) is 12.7. The van der Waals surface area contributed by atoms with Gasteiger partial charge in [-0.1, -0.05) is 0 Å². The van der Waals surface area contributed by atoms with Gasteiger partial charge in [-0.25, -0.2) is 4.98 Å². The molecule has 0 unspecified atom stereocenters. The Labute approximate surface area is 80.2 Å². The summed E-state index contributed by atoms with van der Waals surface area (Å²) < 4.78 is 1.98. The van der Waals surface area contributed by atoms with Gasteiger partial charge in [-0.2, -0.15) is 0 Å². The molecule has 0 radical (unpaired) electrons. The van der Waals surface area contributed by atoms with Crippen LogP contribution in [0.25, 0.3) is 22.1 Å². The van der Waals surface area contributed by atoms with Crippen LogP contribution in [0.15, 0.2) is 30.9 Å². The van der Waals surface area contributed by atoms with Crippen molar-refractivity contribution in [3.63, 3.8) is 0 Å². The predicted molar refractivity (Wildman–Crippen MR) is 53.8 cm³/mol. The highest BCUT2D eigenvalue weighted by molar-refractivity contribution is 5.90. The van der Waals surface area contributed by atoms with E-state index in [0.717, 1.165) is 22.1 Å². The number of imidazole rings is 1. The van der Waals surface area contributed by atoms with Crippen LogP contribution in [-0.4, -0.2) is 19.5 Å². The summed E-state index contributed by atoms with van der Waals surface area (Å²) in [7, 11) is 1.97. The summed E-state index contributed by atoms with van der Waals surface area (Å²) in [5.41, 5.74) is 3.83. The molecular weight excluding hydrogens is 176 g/mol. The number of benzene rings is 1. The zero-order valence-electron chi connectivity index (χ0n) is 7.68. The smallest absolute Gasteiger partial charge is 0.0955 e. The molecule has 4 heteroatoms. The van der Waals surface area contributed by atoms with Gasteiger partial charge in [-0.3, -0.25) is 9.97 Å². The van der Waals surface area contributed by atoms with Crippen LogP contribution in [-0.2, 0) is 7.05 Å². The van der Waals surface area contributed by atoms with Crippen LogP contribution >= 0.6 is 0 Å². The molecule has 4 nitrogen and oxygen atoms in total. The SMILES string of the molecule is Cn1cnc2cc3nccnc3cc21. The first-order chi connectivity index (χ1) is 6.84. The largest absolute Gasteiger partial charge is 0.334 e. The summed E-state index contributed by atoms with van der Waals surface area (Å²) in [6.07, 6.45) is 5.19. The number of nitrogens with zero attached hydrogens (tertiary/aromatic N) is 4. The average molecular weight is 184 g/mol. The molecule has 3 aromatic rings. The first kappa shape index (κ1) is 7.44. The number of aromatic nitrogens is 4. The monoisotopic (exact) mass is 184 g/mol. The van der Waals surface area contributed by atoms with E-state index in [0.29, 0.717) is 0 Å². The lowest BCUT2D eigenvalue weighted by Gasteiger charge is -1.97. The maximum Gasteiger partial charge on any atom is 0.0955 e. The fourth-order valence-electron chi connectivity index (χ4n) is 1.59. The van der Waals surface area contributed by atoms with Gasteiger partial charge in [0, 0.05) is 19.4 Å². The zero-order chi connectivity index (χ0) is 9.54. The lowest BCUT2D eigenvalue weighted by Crippen LogP contribution is -1.86. The van der Waals surface area contributed by atoms with E-state index < -0.39 is 0 Å². The maximum atomic E-state index is 4.26. The Kier molecular flexibility index (Phi) is 1.33. The predicted octanol–water partition coefficient (Wildman–Crippen LogP) is 1.52. The second kappa shape index (κ2) is 2.51. The van der Waals surface area contributed by atoms with E-state index in [-0.39, 0.29) is 0 Å². The number of fused-ring (bicyclic) bond motifs is 2. The molecule has 3 rings (SSSR count). The summed E-state index contributed by atoms with van der Waals surface area (Å²) in [6.45, 7) is 0. The van der Waals surface area contributed by atoms with E-state index >= 15 is 0 Å². The number of hydrogen-bond donors (Lipinski definition) is 0. The van der Waals surface area contributed by atoms with E-state index in [2.05, 4.69) is 15.0 Å². The van der Waals surface area contributed by atoms with E-state index in [4.69, 9.17) is 0 Å². The van der Waals surface area contributed by atoms with Crippen LogP contribution < -0.4 is 0 Å². The Morgan fingerprint density at radius 2 is 1.64 bits per heavy atom. The summed E-state index contributed by atoms with van der Waals surface area (Å²) in [5.74, 6) is 0. The van der Waals surface area contributed by atoms with Gasteiger partial charge < -0.3 is 4.57 Å². The molecule has 0 aliphatic rings. The van der Waals surface area contributed by atoms with Gasteiger partial charge in [0.25, 0.3) is 0 Å². The Morgan fingerprint density at radius 1 is 0.929 bits per heavy atom. The topological polar surface area (TPSA) is 43.6 Å². The lowest BCUT2D eigenvalue weighted by atomic mass is 10.2. The van der Waals surface area contributed by atoms with Gasteiger partial charge in [0.05, 0.1) is 28.4 Å². The molecule has 0 bridgehead atoms. The third-order valence-electron chi connectivity index (χ3n) is 2.32. The Morgan fingerprint density at radius 3 is 2.43 bits per heavy atom. The number of aryl methyl sites for hydroxylation is 1. The van der Waals surface area contributed by atoms with Crippen molar-refractivity contribution in [2.45, 2.75) is 0 Å². The molecule has 0 saturated heterocycles. The molecule has 68 valence electrons. The quantitative estimate of drug-likeness (QED) is 0.532. The molecular formula is C10H8N4. The van der Waals surface area contributed by atoms with Gasteiger partial charge in [0.2, 0.25) is 0 Å². The van der Waals surface area contributed by atoms with E-state index in [1.807, 2.05) is 23.7 Å². The minimum absolute atomic E-state index is 0.888. The van der Waals surface area contributed by atoms with Crippen LogP contribution in [0.1, 0.15) is 0 Å². The minimum Gasteiger partial charge on any atom is -0.334 e. The summed E-state index contributed by atoms with van der Waals surface area (Å²) in [6, 6.07) is 3.96. The van der Waals surface area contributed by atoms with Crippen molar-refractivity contribution in [3.05, 3.63) is 30.9 Å². The molecule has 0 saturated carbocycles. The molecule has 1 aromatic carbocycles. The standard InChI is InChI=1S/C10H8N4/c1-14-6-13-9-4-7-8(5-10(9)14)12-3-2-11-7/h2-6H,1H3. The molecule has 0 aliphatic carbocycles. The van der Waals surface area contributed by atoms with E-state index in [1.54, 1.807) is 18.7 Å². The molecule has 2 aromatic heterocycles. The molecule has 0 spiro atoms. The molecule has 0 N–H and O–H groups in total. The van der Waals surface area contributed by atoms with Crippen molar-refractivity contribution in [1.82, 2.24) is 19.5 Å². The van der Waals surface area contributed by atoms with Gasteiger partial charge in [-0.15, -0.1) is 0 Å². The van der Waals surface area contributed by atoms with Crippen LogP contribution in [0, 0.1) is 0 Å². The third kappa shape index (κ3) is 0.907. The van der Waals surface area contributed by atoms with Gasteiger partial charge in [-0.05, 0) is 12.1 Å². The second-order valence-corrected chi connectivity index (χ2v) is 3.24. The number of rotatable bonds is 0. The van der Waals surface area contributed by atoms with Crippen LogP contribution in [0.3, 0.4) is 0 Å².